The molecule has 2 aromatic rings. The molecule has 0 radical (unpaired) electrons. The lowest BCUT2D eigenvalue weighted by atomic mass is 9.96. The number of hydrogen-bond donors (Lipinski definition) is 3. The molecule has 3 N–H and O–H groups in total. The van der Waals surface area contributed by atoms with Gasteiger partial charge < -0.3 is 20.2 Å². The minimum Gasteiger partial charge on any atom is -0.466 e. The number of rotatable bonds is 8. The Morgan fingerprint density at radius 2 is 1.90 bits per heavy atom. The summed E-state index contributed by atoms with van der Waals surface area (Å²) >= 11 is 0. The Morgan fingerprint density at radius 1 is 1.19 bits per heavy atom. The molecule has 1 saturated heterocycles. The average molecular weight is 540 g/mol. The van der Waals surface area contributed by atoms with Gasteiger partial charge in [0.25, 0.3) is 0 Å². The molecule has 1 aliphatic heterocycles. The molecular weight excluding hydrogens is 503 g/mol. The van der Waals surface area contributed by atoms with E-state index in [-0.39, 0.29) is 30.5 Å². The summed E-state index contributed by atoms with van der Waals surface area (Å²) in [6, 6.07) is 12.4. The predicted molar refractivity (Wildman–Crippen MR) is 137 cm³/mol. The van der Waals surface area contributed by atoms with Crippen LogP contribution in [0.4, 0.5) is 0 Å². The van der Waals surface area contributed by atoms with Gasteiger partial charge in [-0.1, -0.05) is 29.8 Å². The molecule has 3 rings (SSSR count). The summed E-state index contributed by atoms with van der Waals surface area (Å²) in [5.41, 5.74) is 1.59. The maximum absolute atomic E-state index is 10.6. The minimum absolute atomic E-state index is 0. The van der Waals surface area contributed by atoms with Gasteiger partial charge in [0.15, 0.2) is 5.96 Å². The summed E-state index contributed by atoms with van der Waals surface area (Å²) in [5.74, 6) is 1.91. The summed E-state index contributed by atoms with van der Waals surface area (Å²) in [6.07, 6.45) is 3.94. The van der Waals surface area contributed by atoms with Gasteiger partial charge in [-0.3, -0.25) is 4.90 Å². The van der Waals surface area contributed by atoms with Gasteiger partial charge in [-0.05, 0) is 70.3 Å². The van der Waals surface area contributed by atoms with Crippen LogP contribution in [0, 0.1) is 12.8 Å². The van der Waals surface area contributed by atoms with Gasteiger partial charge >= 0.3 is 0 Å². The number of aliphatic hydroxyl groups is 1. The van der Waals surface area contributed by atoms with Crippen molar-refractivity contribution in [1.82, 2.24) is 15.5 Å². The Bertz CT molecular complexity index is 782. The topological polar surface area (TPSA) is 73.0 Å². The first kappa shape index (κ1) is 25.7. The van der Waals surface area contributed by atoms with Gasteiger partial charge in [-0.2, -0.15) is 0 Å². The van der Waals surface area contributed by atoms with Gasteiger partial charge in [0.2, 0.25) is 0 Å². The van der Waals surface area contributed by atoms with Crippen molar-refractivity contribution in [2.24, 2.45) is 10.9 Å². The quantitative estimate of drug-likeness (QED) is 0.269. The SMILES string of the molecule is CCNC(=NCC(C)(O)c1ccco1)NCC1CCN(Cc2ccc(C)cc2)CC1.I. The molecule has 172 valence electrons. The number of aryl methyl sites for hydroxylation is 1. The lowest BCUT2D eigenvalue weighted by molar-refractivity contribution is 0.0437. The monoisotopic (exact) mass is 540 g/mol. The number of nitrogens with zero attached hydrogens (tertiary/aromatic N) is 2. The van der Waals surface area contributed by atoms with Crippen LogP contribution in [0.2, 0.25) is 0 Å². The smallest absolute Gasteiger partial charge is 0.191 e. The third kappa shape index (κ3) is 8.12. The minimum atomic E-state index is -1.12. The Balaban J connectivity index is 0.00000341. The van der Waals surface area contributed by atoms with Crippen molar-refractivity contribution in [3.63, 3.8) is 0 Å². The second-order valence-electron chi connectivity index (χ2n) is 8.53. The van der Waals surface area contributed by atoms with Crippen molar-refractivity contribution in [3.05, 3.63) is 59.5 Å². The zero-order valence-corrected chi connectivity index (χ0v) is 21.3. The van der Waals surface area contributed by atoms with E-state index in [9.17, 15) is 5.11 Å². The van der Waals surface area contributed by atoms with Crippen LogP contribution in [0.25, 0.3) is 0 Å². The molecule has 0 bridgehead atoms. The maximum Gasteiger partial charge on any atom is 0.191 e. The van der Waals surface area contributed by atoms with Gasteiger partial charge in [0.1, 0.15) is 11.4 Å². The van der Waals surface area contributed by atoms with Crippen molar-refractivity contribution >= 4 is 29.9 Å². The molecule has 1 aliphatic rings. The third-order valence-corrected chi connectivity index (χ3v) is 5.73. The van der Waals surface area contributed by atoms with Crippen molar-refractivity contribution in [2.45, 2.75) is 45.8 Å². The van der Waals surface area contributed by atoms with Crippen LogP contribution in [-0.4, -0.2) is 48.7 Å². The van der Waals surface area contributed by atoms with Crippen LogP contribution in [0.5, 0.6) is 0 Å². The van der Waals surface area contributed by atoms with Crippen LogP contribution >= 0.6 is 24.0 Å². The largest absolute Gasteiger partial charge is 0.466 e. The van der Waals surface area contributed by atoms with Crippen molar-refractivity contribution in [3.8, 4) is 0 Å². The molecule has 0 aliphatic carbocycles. The molecule has 2 heterocycles. The number of furan rings is 1. The number of hydrogen-bond acceptors (Lipinski definition) is 4. The number of likely N-dealkylation sites (tertiary alicyclic amines) is 1. The second-order valence-corrected chi connectivity index (χ2v) is 8.53. The van der Waals surface area contributed by atoms with Crippen molar-refractivity contribution in [2.75, 3.05) is 32.7 Å². The van der Waals surface area contributed by atoms with E-state index in [1.54, 1.807) is 25.3 Å². The predicted octanol–water partition coefficient (Wildman–Crippen LogP) is 3.88. The Hall–Kier alpha value is -1.58. The standard InChI is InChI=1S/C24H36N4O2.HI/c1-4-25-23(27-18-24(3,29)22-6-5-15-30-22)26-16-20-11-13-28(14-12-20)17-21-9-7-19(2)8-10-21;/h5-10,15,20,29H,4,11-14,16-18H2,1-3H3,(H2,25,26,27);1H. The van der Waals surface area contributed by atoms with E-state index < -0.39 is 5.60 Å². The van der Waals surface area contributed by atoms with E-state index >= 15 is 0 Å². The number of piperidine rings is 1. The zero-order chi connectivity index (χ0) is 21.4. The number of halogens is 1. The highest BCUT2D eigenvalue weighted by atomic mass is 127. The highest BCUT2D eigenvalue weighted by Crippen LogP contribution is 2.21. The Labute approximate surface area is 203 Å². The van der Waals surface area contributed by atoms with Crippen molar-refractivity contribution < 1.29 is 9.52 Å². The average Bonchev–Trinajstić information content (AvgIpc) is 3.29. The summed E-state index contributed by atoms with van der Waals surface area (Å²) in [7, 11) is 0. The van der Waals surface area contributed by atoms with Gasteiger partial charge in [-0.15, -0.1) is 24.0 Å². The molecule has 0 amide bonds. The summed E-state index contributed by atoms with van der Waals surface area (Å²) in [4.78, 5) is 7.12. The van der Waals surface area contributed by atoms with E-state index in [1.165, 1.54) is 24.0 Å². The lowest BCUT2D eigenvalue weighted by Gasteiger charge is -2.32. The summed E-state index contributed by atoms with van der Waals surface area (Å²) in [5, 5.41) is 17.3. The molecule has 1 aromatic heterocycles. The fraction of sp³-hybridized carbons (Fsp3) is 0.542. The number of nitrogens with one attached hydrogen (secondary N) is 2. The van der Waals surface area contributed by atoms with E-state index in [2.05, 4.69) is 51.7 Å². The molecular formula is C24H37IN4O2. The second kappa shape index (κ2) is 12.5. The first-order valence-corrected chi connectivity index (χ1v) is 11.0. The van der Waals surface area contributed by atoms with Crippen LogP contribution in [0.15, 0.2) is 52.1 Å². The Morgan fingerprint density at radius 3 is 2.52 bits per heavy atom. The maximum atomic E-state index is 10.6. The van der Waals surface area contributed by atoms with E-state index in [4.69, 9.17) is 4.42 Å². The van der Waals surface area contributed by atoms with E-state index in [1.807, 2.05) is 6.92 Å². The van der Waals surface area contributed by atoms with Crippen molar-refractivity contribution in [1.29, 1.82) is 0 Å². The van der Waals surface area contributed by atoms with Crippen LogP contribution in [0.1, 0.15) is 43.6 Å². The fourth-order valence-electron chi connectivity index (χ4n) is 3.78. The number of benzene rings is 1. The number of aliphatic imine (C=N–C) groups is 1. The van der Waals surface area contributed by atoms with E-state index in [0.29, 0.717) is 11.7 Å². The first-order chi connectivity index (χ1) is 14.5. The third-order valence-electron chi connectivity index (χ3n) is 5.73. The summed E-state index contributed by atoms with van der Waals surface area (Å²) in [6.45, 7) is 11.1. The van der Waals surface area contributed by atoms with Gasteiger partial charge in [-0.25, -0.2) is 4.99 Å². The molecule has 31 heavy (non-hydrogen) atoms. The molecule has 1 unspecified atom stereocenters. The van der Waals surface area contributed by atoms with Crippen LogP contribution in [0.3, 0.4) is 0 Å². The normalized spacial score (nSPS) is 17.6. The number of guanidine groups is 1. The molecule has 0 saturated carbocycles. The molecule has 6 nitrogen and oxygen atoms in total. The highest BCUT2D eigenvalue weighted by molar-refractivity contribution is 14.0. The Kier molecular flexibility index (Phi) is 10.3. The van der Waals surface area contributed by atoms with Gasteiger partial charge in [0.05, 0.1) is 12.8 Å². The molecule has 7 heteroatoms. The highest BCUT2D eigenvalue weighted by Gasteiger charge is 2.26. The molecule has 1 atom stereocenters. The molecule has 0 spiro atoms. The molecule has 1 aromatic carbocycles. The van der Waals surface area contributed by atoms with Crippen LogP contribution < -0.4 is 10.6 Å². The summed E-state index contributed by atoms with van der Waals surface area (Å²) < 4.78 is 5.34. The fourth-order valence-corrected chi connectivity index (χ4v) is 3.78. The van der Waals surface area contributed by atoms with E-state index in [0.717, 1.165) is 38.7 Å². The van der Waals surface area contributed by atoms with Crippen LogP contribution in [-0.2, 0) is 12.1 Å². The first-order valence-electron chi connectivity index (χ1n) is 11.0. The molecule has 1 fully saturated rings. The zero-order valence-electron chi connectivity index (χ0n) is 18.9. The lowest BCUT2D eigenvalue weighted by Crippen LogP contribution is -2.43. The van der Waals surface area contributed by atoms with Gasteiger partial charge in [0, 0.05) is 19.6 Å².